The molecule has 116 valence electrons. The number of nitrogens with one attached hydrogen (secondary N) is 2. The van der Waals surface area contributed by atoms with Crippen molar-refractivity contribution in [1.82, 2.24) is 0 Å². The maximum Gasteiger partial charge on any atom is 0.246 e. The van der Waals surface area contributed by atoms with Crippen molar-refractivity contribution in [3.05, 3.63) is 53.3 Å². The Morgan fingerprint density at radius 2 is 2.00 bits per heavy atom. The Balaban J connectivity index is 2.04. The molecular weight excluding hydrogens is 307 g/mol. The van der Waals surface area contributed by atoms with Crippen LogP contribution in [0.3, 0.4) is 0 Å². The fourth-order valence-corrected chi connectivity index (χ4v) is 2.07. The molecule has 2 N–H and O–H groups in total. The topological polar surface area (TPSA) is 50.4 Å². The summed E-state index contributed by atoms with van der Waals surface area (Å²) in [6.07, 6.45) is 0. The lowest BCUT2D eigenvalue weighted by atomic mass is 10.2. The molecule has 0 aliphatic heterocycles. The van der Waals surface area contributed by atoms with E-state index in [0.717, 1.165) is 0 Å². The number of anilines is 2. The second kappa shape index (κ2) is 7.13. The average Bonchev–Trinajstić information content (AvgIpc) is 2.51. The Hall–Kier alpha value is -2.27. The highest BCUT2D eigenvalue weighted by Crippen LogP contribution is 2.24. The third-order valence-corrected chi connectivity index (χ3v) is 3.35. The number of carbonyl (C=O) groups excluding carboxylic acids is 1. The van der Waals surface area contributed by atoms with Gasteiger partial charge in [0.05, 0.1) is 17.8 Å². The van der Waals surface area contributed by atoms with E-state index in [1.807, 2.05) is 6.07 Å². The quantitative estimate of drug-likeness (QED) is 0.877. The molecule has 0 radical (unpaired) electrons. The highest BCUT2D eigenvalue weighted by atomic mass is 35.5. The summed E-state index contributed by atoms with van der Waals surface area (Å²) in [4.78, 5) is 12.2. The number of amides is 1. The predicted octanol–water partition coefficient (Wildman–Crippen LogP) is 3.93. The first kappa shape index (κ1) is 16.1. The molecule has 0 bridgehead atoms. The molecule has 0 unspecified atom stereocenters. The zero-order chi connectivity index (χ0) is 16.1. The molecule has 4 nitrogen and oxygen atoms in total. The lowest BCUT2D eigenvalue weighted by Gasteiger charge is -2.16. The summed E-state index contributed by atoms with van der Waals surface area (Å²) in [5.41, 5.74) is 1.15. The van der Waals surface area contributed by atoms with Gasteiger partial charge in [0.25, 0.3) is 0 Å². The summed E-state index contributed by atoms with van der Waals surface area (Å²) >= 11 is 5.71. The van der Waals surface area contributed by atoms with E-state index in [1.165, 1.54) is 25.3 Å². The lowest BCUT2D eigenvalue weighted by molar-refractivity contribution is -0.116. The highest BCUT2D eigenvalue weighted by Gasteiger charge is 2.15. The molecule has 1 amide bonds. The third kappa shape index (κ3) is 3.89. The van der Waals surface area contributed by atoms with Crippen LogP contribution in [0.2, 0.25) is 5.02 Å². The van der Waals surface area contributed by atoms with Crippen LogP contribution in [0, 0.1) is 5.82 Å². The zero-order valence-electron chi connectivity index (χ0n) is 12.2. The van der Waals surface area contributed by atoms with Gasteiger partial charge in [0, 0.05) is 5.69 Å². The molecule has 0 heterocycles. The van der Waals surface area contributed by atoms with E-state index in [9.17, 15) is 9.18 Å². The van der Waals surface area contributed by atoms with Crippen LogP contribution in [0.25, 0.3) is 0 Å². The SMILES string of the molecule is COc1ccccc1NC(=O)[C@H](C)Nc1ccc(F)c(Cl)c1. The fourth-order valence-electron chi connectivity index (χ4n) is 1.89. The van der Waals surface area contributed by atoms with E-state index in [1.54, 1.807) is 25.1 Å². The van der Waals surface area contributed by atoms with Crippen molar-refractivity contribution >= 4 is 28.9 Å². The minimum atomic E-state index is -0.536. The van der Waals surface area contributed by atoms with Gasteiger partial charge in [-0.3, -0.25) is 4.79 Å². The average molecular weight is 323 g/mol. The molecule has 2 rings (SSSR count). The molecule has 0 aliphatic rings. The maximum absolute atomic E-state index is 13.1. The molecule has 0 fully saturated rings. The molecule has 2 aromatic carbocycles. The summed E-state index contributed by atoms with van der Waals surface area (Å²) in [5.74, 6) is -0.170. The van der Waals surface area contributed by atoms with E-state index in [-0.39, 0.29) is 10.9 Å². The first-order chi connectivity index (χ1) is 10.5. The first-order valence-corrected chi connectivity index (χ1v) is 7.04. The van der Waals surface area contributed by atoms with Gasteiger partial charge in [-0.25, -0.2) is 4.39 Å². The van der Waals surface area contributed by atoms with Gasteiger partial charge in [-0.2, -0.15) is 0 Å². The summed E-state index contributed by atoms with van der Waals surface area (Å²) in [6.45, 7) is 1.70. The van der Waals surface area contributed by atoms with Crippen molar-refractivity contribution in [2.45, 2.75) is 13.0 Å². The second-order valence-corrected chi connectivity index (χ2v) is 5.09. The van der Waals surface area contributed by atoms with Gasteiger partial charge in [-0.1, -0.05) is 23.7 Å². The van der Waals surface area contributed by atoms with Crippen LogP contribution in [-0.2, 0) is 4.79 Å². The Bertz CT molecular complexity index is 679. The maximum atomic E-state index is 13.1. The summed E-state index contributed by atoms with van der Waals surface area (Å²) in [7, 11) is 1.53. The van der Waals surface area contributed by atoms with E-state index >= 15 is 0 Å². The number of halogens is 2. The normalized spacial score (nSPS) is 11.6. The van der Waals surface area contributed by atoms with Crippen molar-refractivity contribution in [1.29, 1.82) is 0 Å². The smallest absolute Gasteiger partial charge is 0.246 e. The Morgan fingerprint density at radius 1 is 1.27 bits per heavy atom. The van der Waals surface area contributed by atoms with Crippen LogP contribution in [0.5, 0.6) is 5.75 Å². The van der Waals surface area contributed by atoms with Crippen molar-refractivity contribution in [2.75, 3.05) is 17.7 Å². The van der Waals surface area contributed by atoms with Gasteiger partial charge < -0.3 is 15.4 Å². The molecule has 1 atom stereocenters. The van der Waals surface area contributed by atoms with Gasteiger partial charge in [-0.15, -0.1) is 0 Å². The Morgan fingerprint density at radius 3 is 2.68 bits per heavy atom. The number of carbonyl (C=O) groups is 1. The number of para-hydroxylation sites is 2. The van der Waals surface area contributed by atoms with Crippen molar-refractivity contribution < 1.29 is 13.9 Å². The monoisotopic (exact) mass is 322 g/mol. The van der Waals surface area contributed by atoms with Gasteiger partial charge >= 0.3 is 0 Å². The molecule has 22 heavy (non-hydrogen) atoms. The highest BCUT2D eigenvalue weighted by molar-refractivity contribution is 6.31. The molecule has 0 saturated carbocycles. The van der Waals surface area contributed by atoms with Crippen molar-refractivity contribution in [3.63, 3.8) is 0 Å². The molecular formula is C16H16ClFN2O2. The Labute approximate surface area is 133 Å². The number of benzene rings is 2. The minimum absolute atomic E-state index is 0.00216. The number of ether oxygens (including phenoxy) is 1. The van der Waals surface area contributed by atoms with Crippen LogP contribution >= 0.6 is 11.6 Å². The fraction of sp³-hybridized carbons (Fsp3) is 0.188. The van der Waals surface area contributed by atoms with Gasteiger partial charge in [0.2, 0.25) is 5.91 Å². The minimum Gasteiger partial charge on any atom is -0.495 e. The van der Waals surface area contributed by atoms with Crippen LogP contribution in [0.15, 0.2) is 42.5 Å². The van der Waals surface area contributed by atoms with Crippen molar-refractivity contribution in [3.8, 4) is 5.75 Å². The first-order valence-electron chi connectivity index (χ1n) is 6.66. The number of hydrogen-bond acceptors (Lipinski definition) is 3. The van der Waals surface area contributed by atoms with E-state index < -0.39 is 11.9 Å². The van der Waals surface area contributed by atoms with Crippen LogP contribution in [0.4, 0.5) is 15.8 Å². The number of methoxy groups -OCH3 is 1. The van der Waals surface area contributed by atoms with Gasteiger partial charge in [-0.05, 0) is 37.3 Å². The van der Waals surface area contributed by atoms with Gasteiger partial charge in [0.15, 0.2) is 0 Å². The van der Waals surface area contributed by atoms with Crippen molar-refractivity contribution in [2.24, 2.45) is 0 Å². The second-order valence-electron chi connectivity index (χ2n) is 4.68. The molecule has 0 aliphatic carbocycles. The zero-order valence-corrected chi connectivity index (χ0v) is 12.9. The molecule has 6 heteroatoms. The van der Waals surface area contributed by atoms with E-state index in [0.29, 0.717) is 17.1 Å². The van der Waals surface area contributed by atoms with Gasteiger partial charge in [0.1, 0.15) is 17.6 Å². The predicted molar refractivity (Wildman–Crippen MR) is 86.1 cm³/mol. The molecule has 0 aromatic heterocycles. The third-order valence-electron chi connectivity index (χ3n) is 3.06. The Kier molecular flexibility index (Phi) is 5.22. The standard InChI is InChI=1S/C16H16ClFN2O2/c1-10(19-11-7-8-13(18)12(17)9-11)16(21)20-14-5-3-4-6-15(14)22-2/h3-10,19H,1-2H3,(H,20,21)/t10-/m0/s1. The summed E-state index contributed by atoms with van der Waals surface area (Å²) in [6, 6.07) is 10.8. The largest absolute Gasteiger partial charge is 0.495 e. The summed E-state index contributed by atoms with van der Waals surface area (Å²) < 4.78 is 18.3. The van der Waals surface area contributed by atoms with Crippen LogP contribution < -0.4 is 15.4 Å². The van der Waals surface area contributed by atoms with E-state index in [2.05, 4.69) is 10.6 Å². The number of hydrogen-bond donors (Lipinski definition) is 2. The molecule has 0 spiro atoms. The molecule has 2 aromatic rings. The summed E-state index contributed by atoms with van der Waals surface area (Å²) in [5, 5.41) is 5.74. The van der Waals surface area contributed by atoms with E-state index in [4.69, 9.17) is 16.3 Å². The van der Waals surface area contributed by atoms with Crippen LogP contribution in [-0.4, -0.2) is 19.1 Å². The van der Waals surface area contributed by atoms with Crippen LogP contribution in [0.1, 0.15) is 6.92 Å². The number of rotatable bonds is 5. The lowest BCUT2D eigenvalue weighted by Crippen LogP contribution is -2.32. The molecule has 0 saturated heterocycles.